The van der Waals surface area contributed by atoms with Crippen LogP contribution in [0.5, 0.6) is 11.5 Å². The molecule has 4 aromatic carbocycles. The smallest absolute Gasteiger partial charge is 0.210 e. The molecule has 4 aromatic rings. The second-order valence-corrected chi connectivity index (χ2v) is 26.3. The number of para-hydroxylation sites is 2. The summed E-state index contributed by atoms with van der Waals surface area (Å²) >= 11 is 14.3. The van der Waals surface area contributed by atoms with Gasteiger partial charge in [-0.05, 0) is 162 Å². The van der Waals surface area contributed by atoms with Gasteiger partial charge in [-0.15, -0.1) is 10.2 Å². The van der Waals surface area contributed by atoms with E-state index < -0.39 is 10.2 Å². The van der Waals surface area contributed by atoms with Crippen LogP contribution in [0.15, 0.2) is 177 Å². The molecule has 0 unspecified atom stereocenters. The third-order valence-electron chi connectivity index (χ3n) is 18.1. The molecule has 0 spiro atoms. The van der Waals surface area contributed by atoms with Gasteiger partial charge in [0.05, 0.1) is 31.7 Å². The number of methoxy groups -OCH3 is 4. The number of fused-ring (bicyclic) bond motifs is 4. The fraction of sp³-hybridized carbons (Fsp3) is 0.417. The van der Waals surface area contributed by atoms with Gasteiger partial charge in [0.25, 0.3) is 0 Å². The first-order valence-corrected chi connectivity index (χ1v) is 32.3. The zero-order valence-electron chi connectivity index (χ0n) is 53.8. The van der Waals surface area contributed by atoms with E-state index in [9.17, 15) is 0 Å². The minimum atomic E-state index is -4.94. The van der Waals surface area contributed by atoms with E-state index >= 15 is 0 Å². The molecule has 0 saturated heterocycles. The summed E-state index contributed by atoms with van der Waals surface area (Å²) in [5, 5.41) is 1.78. The summed E-state index contributed by atoms with van der Waals surface area (Å²) < 4.78 is 60.8. The van der Waals surface area contributed by atoms with E-state index in [1.165, 1.54) is 90.1 Å². The van der Waals surface area contributed by atoms with Crippen molar-refractivity contribution in [1.29, 1.82) is 0 Å². The lowest BCUT2D eigenvalue weighted by molar-refractivity contribution is -2.00. The third-order valence-corrected chi connectivity index (χ3v) is 19.1. The number of benzene rings is 4. The molecule has 0 aromatic heterocycles. The predicted octanol–water partition coefficient (Wildman–Crippen LogP) is 9.41. The Morgan fingerprint density at radius 1 is 0.523 bits per heavy atom. The molecule has 2 aliphatic carbocycles. The Morgan fingerprint density at radius 3 is 1.53 bits per heavy atom. The van der Waals surface area contributed by atoms with Gasteiger partial charge in [0.15, 0.2) is 18.0 Å². The van der Waals surface area contributed by atoms with Crippen molar-refractivity contribution in [3.8, 4) is 11.5 Å². The first kappa shape index (κ1) is 70.2. The molecule has 0 radical (unpaired) electrons. The first-order valence-electron chi connectivity index (χ1n) is 30.3. The monoisotopic (exact) mass is 1370 g/mol. The maximum atomic E-state index is 8.49. The number of ether oxygens (including phenoxy) is 4. The normalized spacial score (nSPS) is 20.6. The summed E-state index contributed by atoms with van der Waals surface area (Å²) in [7, 11) is 2.04. The van der Waals surface area contributed by atoms with Crippen molar-refractivity contribution in [2.24, 2.45) is 0 Å². The van der Waals surface area contributed by atoms with Gasteiger partial charge < -0.3 is 52.7 Å². The van der Waals surface area contributed by atoms with Crippen molar-refractivity contribution in [1.82, 2.24) is 0 Å². The lowest BCUT2D eigenvalue weighted by Gasteiger charge is -2.27. The Labute approximate surface area is 552 Å². The fourth-order valence-corrected chi connectivity index (χ4v) is 14.1. The molecule has 88 heavy (non-hydrogen) atoms. The van der Waals surface area contributed by atoms with Crippen LogP contribution in [0.3, 0.4) is 0 Å². The van der Waals surface area contributed by atoms with Crippen LogP contribution in [-0.4, -0.2) is 88.4 Å². The summed E-state index contributed by atoms with van der Waals surface area (Å²) in [6.45, 7) is 27.7. The van der Waals surface area contributed by atoms with Gasteiger partial charge in [-0.2, -0.15) is 9.15 Å². The lowest BCUT2D eigenvalue weighted by Crippen LogP contribution is -3.00. The summed E-state index contributed by atoms with van der Waals surface area (Å²) in [6, 6.07) is 30.3. The number of hydrogen-bond acceptors (Lipinski definition) is 10. The quantitative estimate of drug-likeness (QED) is 0.0787. The Bertz CT molecular complexity index is 3550. The van der Waals surface area contributed by atoms with Crippen LogP contribution >= 0.6 is 23.2 Å². The highest BCUT2D eigenvalue weighted by molar-refractivity contribution is 6.33. The van der Waals surface area contributed by atoms with Crippen LogP contribution in [-0.2, 0) is 31.1 Å². The van der Waals surface area contributed by atoms with E-state index in [0.717, 1.165) is 86.3 Å². The van der Waals surface area contributed by atoms with Crippen LogP contribution in [0.25, 0.3) is 0 Å². The van der Waals surface area contributed by atoms with E-state index in [-0.39, 0.29) is 45.6 Å². The lowest BCUT2D eigenvalue weighted by atomic mass is 9.81. The molecule has 0 bridgehead atoms. The van der Waals surface area contributed by atoms with E-state index in [4.69, 9.17) is 60.8 Å². The average molecular weight is 1370 g/mol. The van der Waals surface area contributed by atoms with E-state index in [2.05, 4.69) is 222 Å². The third kappa shape index (κ3) is 14.7. The Kier molecular flexibility index (Phi) is 23.4. The molecular weight excluding hydrogens is 1280 g/mol. The number of hydrogen-bond donors (Lipinski definition) is 0. The fourth-order valence-electron chi connectivity index (χ4n) is 13.5. The first-order chi connectivity index (χ1) is 41.3. The van der Waals surface area contributed by atoms with E-state index in [1.807, 2.05) is 0 Å². The highest BCUT2D eigenvalue weighted by atomic mass is 127. The predicted molar refractivity (Wildman–Crippen MR) is 344 cm³/mol. The topological polar surface area (TPSA) is 142 Å². The zero-order valence-corrected chi connectivity index (χ0v) is 58.2. The number of nitrogens with zero attached hydrogens (tertiary/aromatic N) is 4. The van der Waals surface area contributed by atoms with Crippen molar-refractivity contribution < 1.29 is 81.0 Å². The summed E-state index contributed by atoms with van der Waals surface area (Å²) in [4.78, 5) is 4.82. The molecule has 0 atom stereocenters. The van der Waals surface area contributed by atoms with Crippen LogP contribution < -0.4 is 61.9 Å². The van der Waals surface area contributed by atoms with Crippen molar-refractivity contribution in [3.63, 3.8) is 0 Å². The standard InChI is InChI=1S/2C36H44ClN2O2.ClHO4.HI/c1-35(2)28-14-7-9-16-30(28)38(22-24-40-5)32(35)20-18-26-12-11-13-27(34(26)37)19-21-33-36(3,4)29-15-8-10-17-31(29)39(33)23-25-41-6;1-9-38-30-18-16-26(40-7)22-28(30)35(3,4)32(38)20-14-24-12-11-13-25(34(24)37)15-21-33-36(5,6)29-23-27(41-8)17-19-31(29)39(33)10-2;2-1(3,4)5;/h7-10,14-21H,11-13,22-25H2,1-6H3;14-23H,9-13H2,1-8H3;(H,2,3,4,5);1H/q2*+1;;/p-2. The second-order valence-electron chi connectivity index (χ2n) is 24.8. The molecule has 10 rings (SSSR count). The average Bonchev–Trinajstić information content (AvgIpc) is 1.66. The second kappa shape index (κ2) is 29.3. The van der Waals surface area contributed by atoms with Crippen molar-refractivity contribution in [2.75, 3.05) is 77.6 Å². The largest absolute Gasteiger partial charge is 1.00 e. The maximum Gasteiger partial charge on any atom is 0.210 e. The molecule has 472 valence electrons. The van der Waals surface area contributed by atoms with Crippen LogP contribution in [0.1, 0.15) is 130 Å². The Hall–Kier alpha value is -5.30. The molecule has 0 fully saturated rings. The van der Waals surface area contributed by atoms with Crippen LogP contribution in [0.2, 0.25) is 0 Å². The van der Waals surface area contributed by atoms with Gasteiger partial charge in [0, 0.05) is 106 Å². The van der Waals surface area contributed by atoms with Gasteiger partial charge in [-0.25, -0.2) is 18.6 Å². The van der Waals surface area contributed by atoms with Gasteiger partial charge >= 0.3 is 0 Å². The highest BCUT2D eigenvalue weighted by Gasteiger charge is 2.46. The molecule has 6 aliphatic rings. The zero-order chi connectivity index (χ0) is 63.2. The van der Waals surface area contributed by atoms with Crippen molar-refractivity contribution >= 4 is 57.4 Å². The van der Waals surface area contributed by atoms with Gasteiger partial charge in [-0.1, -0.05) is 112 Å². The number of allylic oxidation sites excluding steroid dienone is 16. The summed E-state index contributed by atoms with van der Waals surface area (Å²) in [5.41, 5.74) is 19.9. The molecule has 0 saturated carbocycles. The molecule has 4 heterocycles. The minimum absolute atomic E-state index is 0. The van der Waals surface area contributed by atoms with E-state index in [0.29, 0.717) is 13.2 Å². The number of anilines is 2. The summed E-state index contributed by atoms with van der Waals surface area (Å²) in [6.07, 6.45) is 24.3. The molecule has 4 aliphatic heterocycles. The molecular formula is C72H88Cl3IN4O8. The van der Waals surface area contributed by atoms with Gasteiger partial charge in [0.2, 0.25) is 11.4 Å². The van der Waals surface area contributed by atoms with Crippen LogP contribution in [0.4, 0.5) is 22.7 Å². The molecule has 0 N–H and O–H groups in total. The van der Waals surface area contributed by atoms with Gasteiger partial charge in [0.1, 0.15) is 24.7 Å². The van der Waals surface area contributed by atoms with Gasteiger partial charge in [-0.3, -0.25) is 0 Å². The van der Waals surface area contributed by atoms with E-state index in [1.54, 1.807) is 28.4 Å². The molecule has 16 heteroatoms. The number of rotatable bonds is 16. The van der Waals surface area contributed by atoms with Crippen LogP contribution in [0, 0.1) is 10.2 Å². The SMILES string of the molecule is CCN1/C(=C\C=C2/CCCC(/C=C/C3=[N+](CC)c4ccc(OC)cc4C3(C)C)=C2Cl)C(C)(C)c2cc(OC)ccc21.COCCN1/C(=C\C=C2/CCCC(/C=C/C3=[N+](CCOC)c4ccccc4C3(C)C)=C2Cl)C(C)(C)c2ccccc21.[I-].[O-][Cl+3]([O-])([O-])[O-]. The minimum Gasteiger partial charge on any atom is -1.00 e. The Morgan fingerprint density at radius 2 is 0.989 bits per heavy atom. The maximum absolute atomic E-state index is 8.49. The number of halogens is 4. The molecule has 12 nitrogen and oxygen atoms in total. The summed E-state index contributed by atoms with van der Waals surface area (Å²) in [5.74, 6) is 1.80. The van der Waals surface area contributed by atoms with Crippen molar-refractivity contribution in [2.45, 2.75) is 129 Å². The van der Waals surface area contributed by atoms with Crippen molar-refractivity contribution in [3.05, 3.63) is 200 Å². The molecule has 0 amide bonds. The number of likely N-dealkylation sites (N-methyl/N-ethyl adjacent to an activating group) is 1. The Balaban J connectivity index is 0.000000231. The highest BCUT2D eigenvalue weighted by Crippen LogP contribution is 2.51.